The molecule has 3 heteroatoms. The second-order valence-electron chi connectivity index (χ2n) is 3.28. The molecular formula is C8H13N3. The van der Waals surface area contributed by atoms with Crippen LogP contribution in [-0.2, 0) is 0 Å². The van der Waals surface area contributed by atoms with Crippen LogP contribution >= 0.6 is 0 Å². The van der Waals surface area contributed by atoms with Crippen molar-refractivity contribution in [3.05, 3.63) is 11.3 Å². The number of rotatable bonds is 1. The number of nitrogens with zero attached hydrogens (tertiary/aromatic N) is 1. The molecule has 0 bridgehead atoms. The highest BCUT2D eigenvalue weighted by atomic mass is 15.2. The molecule has 1 aliphatic carbocycles. The number of nitrogens with one attached hydrogen (secondary N) is 1. The van der Waals surface area contributed by atoms with Crippen LogP contribution in [0.5, 0.6) is 0 Å². The van der Waals surface area contributed by atoms with Gasteiger partial charge in [0.05, 0.1) is 0 Å². The molecule has 1 heterocycles. The fourth-order valence-electron chi connectivity index (χ4n) is 1.67. The average molecular weight is 151 g/mol. The third kappa shape index (κ3) is 0.914. The molecule has 0 unspecified atom stereocenters. The van der Waals surface area contributed by atoms with E-state index >= 15 is 0 Å². The number of aromatic amines is 1. The minimum Gasteiger partial charge on any atom is -0.382 e. The molecule has 3 nitrogen and oxygen atoms in total. The number of H-pyrrole nitrogens is 1. The van der Waals surface area contributed by atoms with Gasteiger partial charge in [-0.05, 0) is 25.7 Å². The fourth-order valence-corrected chi connectivity index (χ4v) is 1.67. The molecule has 0 aliphatic heterocycles. The van der Waals surface area contributed by atoms with Gasteiger partial charge in [-0.15, -0.1) is 0 Å². The van der Waals surface area contributed by atoms with Gasteiger partial charge in [-0.3, -0.25) is 5.10 Å². The smallest absolute Gasteiger partial charge is 0.148 e. The Morgan fingerprint density at radius 2 is 2.27 bits per heavy atom. The standard InChI is InChI=1S/C8H13N3/c1-5-7(6-3-2-4-6)8(9)11-10-5/h6H,2-4H2,1H3,(H3,9,10,11). The first-order valence-corrected chi connectivity index (χ1v) is 4.09. The van der Waals surface area contributed by atoms with Crippen LogP contribution in [0.25, 0.3) is 0 Å². The first-order valence-electron chi connectivity index (χ1n) is 4.09. The Bertz CT molecular complexity index is 241. The summed E-state index contributed by atoms with van der Waals surface area (Å²) in [5.74, 6) is 1.39. The summed E-state index contributed by atoms with van der Waals surface area (Å²) in [5.41, 5.74) is 8.12. The zero-order valence-electron chi connectivity index (χ0n) is 6.72. The first-order chi connectivity index (χ1) is 5.29. The molecule has 0 spiro atoms. The van der Waals surface area contributed by atoms with Gasteiger partial charge in [0.15, 0.2) is 0 Å². The number of anilines is 1. The predicted molar refractivity (Wildman–Crippen MR) is 44.3 cm³/mol. The molecule has 0 saturated heterocycles. The molecule has 1 fully saturated rings. The summed E-state index contributed by atoms with van der Waals surface area (Å²) in [6.45, 7) is 2.04. The maximum Gasteiger partial charge on any atom is 0.148 e. The van der Waals surface area contributed by atoms with E-state index in [-0.39, 0.29) is 0 Å². The van der Waals surface area contributed by atoms with Gasteiger partial charge in [-0.1, -0.05) is 6.42 Å². The van der Waals surface area contributed by atoms with Gasteiger partial charge in [0.2, 0.25) is 0 Å². The molecule has 0 atom stereocenters. The average Bonchev–Trinajstić information content (AvgIpc) is 2.15. The van der Waals surface area contributed by atoms with Crippen molar-refractivity contribution in [3.8, 4) is 0 Å². The zero-order chi connectivity index (χ0) is 7.84. The molecule has 2 rings (SSSR count). The number of hydrogen-bond acceptors (Lipinski definition) is 2. The molecule has 1 aromatic heterocycles. The minimum atomic E-state index is 0.689. The lowest BCUT2D eigenvalue weighted by atomic mass is 9.80. The summed E-state index contributed by atoms with van der Waals surface area (Å²) in [4.78, 5) is 0. The Balaban J connectivity index is 2.33. The topological polar surface area (TPSA) is 54.7 Å². The van der Waals surface area contributed by atoms with E-state index < -0.39 is 0 Å². The summed E-state index contributed by atoms with van der Waals surface area (Å²) in [7, 11) is 0. The summed E-state index contributed by atoms with van der Waals surface area (Å²) >= 11 is 0. The highest BCUT2D eigenvalue weighted by molar-refractivity contribution is 5.44. The Morgan fingerprint density at radius 3 is 2.64 bits per heavy atom. The van der Waals surface area contributed by atoms with E-state index in [0.717, 1.165) is 5.69 Å². The minimum absolute atomic E-state index is 0.689. The third-order valence-electron chi connectivity index (χ3n) is 2.54. The zero-order valence-corrected chi connectivity index (χ0v) is 6.72. The third-order valence-corrected chi connectivity index (χ3v) is 2.54. The van der Waals surface area contributed by atoms with E-state index in [9.17, 15) is 0 Å². The van der Waals surface area contributed by atoms with Crippen LogP contribution < -0.4 is 5.73 Å². The van der Waals surface area contributed by atoms with E-state index in [0.29, 0.717) is 11.7 Å². The molecule has 3 N–H and O–H groups in total. The van der Waals surface area contributed by atoms with Crippen molar-refractivity contribution in [2.24, 2.45) is 0 Å². The molecule has 1 saturated carbocycles. The molecule has 60 valence electrons. The lowest BCUT2D eigenvalue weighted by molar-refractivity contribution is 0.419. The Morgan fingerprint density at radius 1 is 1.55 bits per heavy atom. The largest absolute Gasteiger partial charge is 0.382 e. The summed E-state index contributed by atoms with van der Waals surface area (Å²) in [6, 6.07) is 0. The van der Waals surface area contributed by atoms with Crippen molar-refractivity contribution < 1.29 is 0 Å². The Kier molecular flexibility index (Phi) is 1.37. The van der Waals surface area contributed by atoms with E-state index in [4.69, 9.17) is 5.73 Å². The lowest BCUT2D eigenvalue weighted by Crippen LogP contribution is -2.10. The molecule has 1 aliphatic rings. The van der Waals surface area contributed by atoms with Crippen molar-refractivity contribution in [2.45, 2.75) is 32.1 Å². The van der Waals surface area contributed by atoms with Crippen molar-refractivity contribution in [3.63, 3.8) is 0 Å². The van der Waals surface area contributed by atoms with E-state index in [1.54, 1.807) is 0 Å². The molecule has 0 aromatic carbocycles. The summed E-state index contributed by atoms with van der Waals surface area (Å²) < 4.78 is 0. The van der Waals surface area contributed by atoms with Crippen LogP contribution in [0.2, 0.25) is 0 Å². The normalized spacial score (nSPS) is 18.3. The second-order valence-corrected chi connectivity index (χ2v) is 3.28. The van der Waals surface area contributed by atoms with Crippen LogP contribution in [0, 0.1) is 6.92 Å². The SMILES string of the molecule is Cc1[nH]nc(N)c1C1CCC1. The molecular weight excluding hydrogens is 138 g/mol. The summed E-state index contributed by atoms with van der Waals surface area (Å²) in [6.07, 6.45) is 3.91. The van der Waals surface area contributed by atoms with Crippen LogP contribution in [0.4, 0.5) is 5.82 Å². The number of nitrogens with two attached hydrogens (primary N) is 1. The fraction of sp³-hybridized carbons (Fsp3) is 0.625. The predicted octanol–water partition coefficient (Wildman–Crippen LogP) is 1.57. The van der Waals surface area contributed by atoms with Gasteiger partial charge in [0.25, 0.3) is 0 Å². The highest BCUT2D eigenvalue weighted by Gasteiger charge is 2.24. The Hall–Kier alpha value is -0.990. The number of hydrogen-bond donors (Lipinski definition) is 2. The van der Waals surface area contributed by atoms with Crippen molar-refractivity contribution in [1.29, 1.82) is 0 Å². The molecule has 0 radical (unpaired) electrons. The molecule has 11 heavy (non-hydrogen) atoms. The monoisotopic (exact) mass is 151 g/mol. The highest BCUT2D eigenvalue weighted by Crippen LogP contribution is 2.39. The maximum absolute atomic E-state index is 5.71. The first kappa shape index (κ1) is 6.70. The summed E-state index contributed by atoms with van der Waals surface area (Å²) in [5, 5.41) is 6.88. The van der Waals surface area contributed by atoms with E-state index in [2.05, 4.69) is 10.2 Å². The molecule has 0 amide bonds. The van der Waals surface area contributed by atoms with Crippen molar-refractivity contribution in [2.75, 3.05) is 5.73 Å². The van der Waals surface area contributed by atoms with Crippen LogP contribution in [0.1, 0.15) is 36.4 Å². The van der Waals surface area contributed by atoms with Crippen molar-refractivity contribution >= 4 is 5.82 Å². The number of aromatic nitrogens is 2. The second kappa shape index (κ2) is 2.26. The van der Waals surface area contributed by atoms with E-state index in [1.807, 2.05) is 6.92 Å². The van der Waals surface area contributed by atoms with Gasteiger partial charge in [0.1, 0.15) is 5.82 Å². The van der Waals surface area contributed by atoms with Gasteiger partial charge in [-0.2, -0.15) is 5.10 Å². The molecule has 1 aromatic rings. The van der Waals surface area contributed by atoms with Crippen LogP contribution in [0.15, 0.2) is 0 Å². The van der Waals surface area contributed by atoms with E-state index in [1.165, 1.54) is 24.8 Å². The Labute approximate surface area is 66.0 Å². The van der Waals surface area contributed by atoms with Gasteiger partial charge in [0, 0.05) is 11.3 Å². The number of nitrogen functional groups attached to an aromatic ring is 1. The van der Waals surface area contributed by atoms with Gasteiger partial charge >= 0.3 is 0 Å². The van der Waals surface area contributed by atoms with Crippen LogP contribution in [0.3, 0.4) is 0 Å². The van der Waals surface area contributed by atoms with Gasteiger partial charge in [-0.25, -0.2) is 0 Å². The lowest BCUT2D eigenvalue weighted by Gasteiger charge is -2.25. The quantitative estimate of drug-likeness (QED) is 0.640. The maximum atomic E-state index is 5.71. The van der Waals surface area contributed by atoms with Crippen molar-refractivity contribution in [1.82, 2.24) is 10.2 Å². The number of aryl methyl sites for hydroxylation is 1. The van der Waals surface area contributed by atoms with Crippen LogP contribution in [-0.4, -0.2) is 10.2 Å². The van der Waals surface area contributed by atoms with Gasteiger partial charge < -0.3 is 5.73 Å².